The van der Waals surface area contributed by atoms with Crippen molar-refractivity contribution in [3.63, 3.8) is 0 Å². The molecule has 1 fully saturated rings. The summed E-state index contributed by atoms with van der Waals surface area (Å²) >= 11 is 0. The van der Waals surface area contributed by atoms with Crippen LogP contribution in [0.4, 0.5) is 5.69 Å². The molecule has 0 spiro atoms. The first-order chi connectivity index (χ1) is 11.8. The van der Waals surface area contributed by atoms with Crippen molar-refractivity contribution in [2.45, 2.75) is 44.3 Å². The van der Waals surface area contributed by atoms with Gasteiger partial charge < -0.3 is 14.8 Å². The second-order valence-corrected chi connectivity index (χ2v) is 6.46. The highest BCUT2D eigenvalue weighted by Gasteiger charge is 2.28. The fraction of sp³-hybridized carbons (Fsp3) is 0.350. The molecule has 0 aromatic heterocycles. The number of fused-ring (bicyclic) bond motifs is 1. The molecule has 1 saturated carbocycles. The van der Waals surface area contributed by atoms with Gasteiger partial charge >= 0.3 is 0 Å². The van der Waals surface area contributed by atoms with Crippen molar-refractivity contribution in [2.24, 2.45) is 0 Å². The molecule has 0 saturated heterocycles. The van der Waals surface area contributed by atoms with Crippen LogP contribution in [0, 0.1) is 0 Å². The fourth-order valence-electron chi connectivity index (χ4n) is 3.37. The van der Waals surface area contributed by atoms with Crippen molar-refractivity contribution in [2.75, 3.05) is 5.32 Å². The topological polar surface area (TPSA) is 47.6 Å². The number of rotatable bonds is 4. The normalized spacial score (nSPS) is 19.6. The molecule has 1 amide bonds. The van der Waals surface area contributed by atoms with Gasteiger partial charge in [-0.1, -0.05) is 18.2 Å². The predicted octanol–water partition coefficient (Wildman–Crippen LogP) is 3.95. The Kier molecular flexibility index (Phi) is 4.11. The van der Waals surface area contributed by atoms with E-state index in [-0.39, 0.29) is 5.91 Å². The average molecular weight is 323 g/mol. The number of nitrogens with one attached hydrogen (secondary N) is 1. The molecule has 0 radical (unpaired) electrons. The van der Waals surface area contributed by atoms with Gasteiger partial charge in [0.25, 0.3) is 5.91 Å². The van der Waals surface area contributed by atoms with E-state index in [4.69, 9.17) is 9.47 Å². The summed E-state index contributed by atoms with van der Waals surface area (Å²) in [5.74, 6) is 1.55. The van der Waals surface area contributed by atoms with Crippen molar-refractivity contribution < 1.29 is 14.3 Å². The summed E-state index contributed by atoms with van der Waals surface area (Å²) in [5, 5.41) is 2.92. The number of hydrogen-bond donors (Lipinski definition) is 1. The SMILES string of the molecule is O=C(Nc1ccc(OC2CCCC2)cc1)C1Cc2ccccc2O1. The Morgan fingerprint density at radius 1 is 1.04 bits per heavy atom. The number of amides is 1. The molecule has 2 aromatic rings. The summed E-state index contributed by atoms with van der Waals surface area (Å²) < 4.78 is 11.7. The first-order valence-corrected chi connectivity index (χ1v) is 8.60. The van der Waals surface area contributed by atoms with Gasteiger partial charge in [-0.05, 0) is 61.6 Å². The third-order valence-corrected chi connectivity index (χ3v) is 4.67. The van der Waals surface area contributed by atoms with E-state index >= 15 is 0 Å². The van der Waals surface area contributed by atoms with E-state index in [0.29, 0.717) is 12.5 Å². The van der Waals surface area contributed by atoms with Gasteiger partial charge in [-0.25, -0.2) is 0 Å². The maximum atomic E-state index is 12.4. The molecular weight excluding hydrogens is 302 g/mol. The molecular formula is C20H21NO3. The smallest absolute Gasteiger partial charge is 0.265 e. The van der Waals surface area contributed by atoms with Gasteiger partial charge in [0.2, 0.25) is 0 Å². The number of carbonyl (C=O) groups is 1. The minimum atomic E-state index is -0.461. The van der Waals surface area contributed by atoms with E-state index in [1.54, 1.807) is 0 Å². The summed E-state index contributed by atoms with van der Waals surface area (Å²) in [4.78, 5) is 12.4. The van der Waals surface area contributed by atoms with E-state index in [1.165, 1.54) is 12.8 Å². The minimum Gasteiger partial charge on any atom is -0.490 e. The van der Waals surface area contributed by atoms with Crippen LogP contribution in [0.1, 0.15) is 31.2 Å². The van der Waals surface area contributed by atoms with Gasteiger partial charge in [0.15, 0.2) is 6.10 Å². The first-order valence-electron chi connectivity index (χ1n) is 8.60. The van der Waals surface area contributed by atoms with Crippen LogP contribution in [-0.2, 0) is 11.2 Å². The summed E-state index contributed by atoms with van der Waals surface area (Å²) in [6.07, 6.45) is 5.28. The highest BCUT2D eigenvalue weighted by molar-refractivity contribution is 5.95. The van der Waals surface area contributed by atoms with E-state index in [1.807, 2.05) is 48.5 Å². The lowest BCUT2D eigenvalue weighted by Crippen LogP contribution is -2.31. The minimum absolute atomic E-state index is 0.115. The van der Waals surface area contributed by atoms with Crippen molar-refractivity contribution in [3.8, 4) is 11.5 Å². The molecule has 4 rings (SSSR count). The second kappa shape index (κ2) is 6.56. The Labute approximate surface area is 141 Å². The molecule has 1 aliphatic heterocycles. The van der Waals surface area contributed by atoms with Crippen LogP contribution >= 0.6 is 0 Å². The zero-order valence-corrected chi connectivity index (χ0v) is 13.5. The zero-order chi connectivity index (χ0) is 16.4. The molecule has 1 unspecified atom stereocenters. The third-order valence-electron chi connectivity index (χ3n) is 4.67. The van der Waals surface area contributed by atoms with Crippen LogP contribution in [0.5, 0.6) is 11.5 Å². The van der Waals surface area contributed by atoms with Crippen molar-refractivity contribution >= 4 is 11.6 Å². The zero-order valence-electron chi connectivity index (χ0n) is 13.5. The van der Waals surface area contributed by atoms with Crippen LogP contribution in [-0.4, -0.2) is 18.1 Å². The fourth-order valence-corrected chi connectivity index (χ4v) is 3.37. The van der Waals surface area contributed by atoms with E-state index in [9.17, 15) is 4.79 Å². The Hall–Kier alpha value is -2.49. The van der Waals surface area contributed by atoms with Gasteiger partial charge in [-0.3, -0.25) is 4.79 Å². The summed E-state index contributed by atoms with van der Waals surface area (Å²) in [7, 11) is 0. The average Bonchev–Trinajstić information content (AvgIpc) is 3.25. The number of ether oxygens (including phenoxy) is 2. The number of para-hydroxylation sites is 1. The van der Waals surface area contributed by atoms with Gasteiger partial charge in [0.1, 0.15) is 11.5 Å². The van der Waals surface area contributed by atoms with Gasteiger partial charge in [-0.2, -0.15) is 0 Å². The van der Waals surface area contributed by atoms with Crippen LogP contribution in [0.25, 0.3) is 0 Å². The standard InChI is InChI=1S/C20H21NO3/c22-20(19-13-14-5-1-4-8-18(14)24-19)21-15-9-11-17(12-10-15)23-16-6-2-3-7-16/h1,4-5,8-12,16,19H,2-3,6-7,13H2,(H,21,22). The highest BCUT2D eigenvalue weighted by Crippen LogP contribution is 2.29. The quantitative estimate of drug-likeness (QED) is 0.927. The van der Waals surface area contributed by atoms with Crippen LogP contribution in [0.3, 0.4) is 0 Å². The Morgan fingerprint density at radius 3 is 2.54 bits per heavy atom. The van der Waals surface area contributed by atoms with Crippen molar-refractivity contribution in [1.82, 2.24) is 0 Å². The lowest BCUT2D eigenvalue weighted by molar-refractivity contribution is -0.122. The lowest BCUT2D eigenvalue weighted by Gasteiger charge is -2.14. The van der Waals surface area contributed by atoms with E-state index in [0.717, 1.165) is 35.6 Å². The lowest BCUT2D eigenvalue weighted by atomic mass is 10.1. The van der Waals surface area contributed by atoms with Gasteiger partial charge in [-0.15, -0.1) is 0 Å². The van der Waals surface area contributed by atoms with Crippen LogP contribution in [0.15, 0.2) is 48.5 Å². The second-order valence-electron chi connectivity index (χ2n) is 6.46. The highest BCUT2D eigenvalue weighted by atomic mass is 16.5. The Morgan fingerprint density at radius 2 is 1.79 bits per heavy atom. The molecule has 1 atom stereocenters. The van der Waals surface area contributed by atoms with Crippen molar-refractivity contribution in [3.05, 3.63) is 54.1 Å². The molecule has 4 heteroatoms. The molecule has 24 heavy (non-hydrogen) atoms. The molecule has 4 nitrogen and oxygen atoms in total. The third kappa shape index (κ3) is 3.23. The predicted molar refractivity (Wildman–Crippen MR) is 92.5 cm³/mol. The van der Waals surface area contributed by atoms with Crippen LogP contribution in [0.2, 0.25) is 0 Å². The van der Waals surface area contributed by atoms with E-state index < -0.39 is 6.10 Å². The molecule has 124 valence electrons. The molecule has 0 bridgehead atoms. The molecule has 2 aliphatic rings. The maximum absolute atomic E-state index is 12.4. The van der Waals surface area contributed by atoms with Gasteiger partial charge in [0.05, 0.1) is 6.10 Å². The Balaban J connectivity index is 1.34. The monoisotopic (exact) mass is 323 g/mol. The molecule has 2 aromatic carbocycles. The number of anilines is 1. The number of hydrogen-bond acceptors (Lipinski definition) is 3. The summed E-state index contributed by atoms with van der Waals surface area (Å²) in [5.41, 5.74) is 1.84. The molecule has 1 aliphatic carbocycles. The largest absolute Gasteiger partial charge is 0.490 e. The maximum Gasteiger partial charge on any atom is 0.265 e. The number of benzene rings is 2. The van der Waals surface area contributed by atoms with Gasteiger partial charge in [0, 0.05) is 12.1 Å². The number of carbonyl (C=O) groups excluding carboxylic acids is 1. The van der Waals surface area contributed by atoms with Crippen molar-refractivity contribution in [1.29, 1.82) is 0 Å². The molecule has 1 N–H and O–H groups in total. The molecule has 1 heterocycles. The van der Waals surface area contributed by atoms with E-state index in [2.05, 4.69) is 5.32 Å². The Bertz CT molecular complexity index is 695. The summed E-state index contributed by atoms with van der Waals surface area (Å²) in [6, 6.07) is 15.4. The van der Waals surface area contributed by atoms with Crippen LogP contribution < -0.4 is 14.8 Å². The summed E-state index contributed by atoms with van der Waals surface area (Å²) in [6.45, 7) is 0. The first kappa shape index (κ1) is 15.1.